The lowest BCUT2D eigenvalue weighted by molar-refractivity contribution is 0.654. The largest absolute Gasteiger partial charge is 0.100 e. The van der Waals surface area contributed by atoms with Crippen molar-refractivity contribution in [3.05, 3.63) is 12.2 Å². The minimum absolute atomic E-state index is 0.729. The fourth-order valence-electron chi connectivity index (χ4n) is 1.08. The molecule has 0 aromatic rings. The van der Waals surface area contributed by atoms with Gasteiger partial charge in [0.2, 0.25) is 0 Å². The molecule has 0 spiro atoms. The molecule has 0 fully saturated rings. The predicted molar refractivity (Wildman–Crippen MR) is 56.3 cm³/mol. The Kier molecular flexibility index (Phi) is 7.04. The second kappa shape index (κ2) is 6.90. The van der Waals surface area contributed by atoms with Crippen LogP contribution in [-0.2, 0) is 0 Å². The lowest BCUT2D eigenvalue weighted by atomic mass is 10.1. The summed E-state index contributed by atoms with van der Waals surface area (Å²) in [5, 5.41) is 0. The molecule has 1 heteroatoms. The Morgan fingerprint density at radius 1 is 1.45 bits per heavy atom. The maximum Gasteiger partial charge on any atom is 0.0145 e. The maximum atomic E-state index is 3.88. The van der Waals surface area contributed by atoms with Crippen molar-refractivity contribution in [3.63, 3.8) is 0 Å². The summed E-state index contributed by atoms with van der Waals surface area (Å²) in [4.78, 5) is 0.729. The van der Waals surface area contributed by atoms with E-state index in [4.69, 9.17) is 0 Å². The molecule has 0 heterocycles. The molecule has 0 aliphatic rings. The van der Waals surface area contributed by atoms with Crippen LogP contribution < -0.4 is 0 Å². The Balaban J connectivity index is 3.16. The van der Waals surface area contributed by atoms with E-state index in [1.54, 1.807) is 0 Å². The van der Waals surface area contributed by atoms with E-state index >= 15 is 0 Å². The van der Waals surface area contributed by atoms with Crippen LogP contribution in [0.1, 0.15) is 46.0 Å². The first-order valence-corrected chi connectivity index (χ1v) is 5.36. The highest BCUT2D eigenvalue weighted by atomic mass is 79.9. The first kappa shape index (κ1) is 11.2. The molecule has 0 saturated heterocycles. The molecule has 0 aromatic heterocycles. The van der Waals surface area contributed by atoms with E-state index in [1.807, 2.05) is 0 Å². The van der Waals surface area contributed by atoms with Gasteiger partial charge in [-0.05, 0) is 32.6 Å². The zero-order valence-electron chi connectivity index (χ0n) is 7.70. The van der Waals surface area contributed by atoms with E-state index in [0.29, 0.717) is 0 Å². The van der Waals surface area contributed by atoms with Crippen molar-refractivity contribution in [2.45, 2.75) is 50.8 Å². The Labute approximate surface area is 79.2 Å². The molecular weight excluding hydrogens is 200 g/mol. The van der Waals surface area contributed by atoms with E-state index in [0.717, 1.165) is 4.83 Å². The Hall–Kier alpha value is 0.220. The molecule has 0 aromatic carbocycles. The van der Waals surface area contributed by atoms with Crippen molar-refractivity contribution in [1.82, 2.24) is 0 Å². The van der Waals surface area contributed by atoms with Crippen molar-refractivity contribution in [2.75, 3.05) is 0 Å². The second-order valence-electron chi connectivity index (χ2n) is 3.24. The van der Waals surface area contributed by atoms with Gasteiger partial charge in [0, 0.05) is 4.83 Å². The molecule has 66 valence electrons. The normalized spacial score (nSPS) is 13.0. The summed E-state index contributed by atoms with van der Waals surface area (Å²) < 4.78 is 0. The zero-order chi connectivity index (χ0) is 8.69. The summed E-state index contributed by atoms with van der Waals surface area (Å²) in [6, 6.07) is 0. The molecule has 11 heavy (non-hydrogen) atoms. The molecular formula is C10H19Br. The van der Waals surface area contributed by atoms with Gasteiger partial charge >= 0.3 is 0 Å². The number of alkyl halides is 1. The van der Waals surface area contributed by atoms with E-state index in [1.165, 1.54) is 37.7 Å². The summed E-state index contributed by atoms with van der Waals surface area (Å²) in [5.41, 5.74) is 1.31. The molecule has 0 radical (unpaired) electrons. The maximum absolute atomic E-state index is 3.88. The van der Waals surface area contributed by atoms with Gasteiger partial charge in [-0.2, -0.15) is 0 Å². The molecule has 1 atom stereocenters. The summed E-state index contributed by atoms with van der Waals surface area (Å²) in [7, 11) is 0. The second-order valence-corrected chi connectivity index (χ2v) is 4.53. The highest BCUT2D eigenvalue weighted by Gasteiger charge is 2.01. The van der Waals surface area contributed by atoms with E-state index in [-0.39, 0.29) is 0 Å². The third kappa shape index (κ3) is 8.12. The van der Waals surface area contributed by atoms with Crippen LogP contribution in [0.5, 0.6) is 0 Å². The first-order valence-electron chi connectivity index (χ1n) is 4.45. The van der Waals surface area contributed by atoms with Gasteiger partial charge in [0.15, 0.2) is 0 Å². The van der Waals surface area contributed by atoms with Gasteiger partial charge in [0.05, 0.1) is 0 Å². The van der Waals surface area contributed by atoms with Gasteiger partial charge in [-0.1, -0.05) is 34.8 Å². The van der Waals surface area contributed by atoms with Gasteiger partial charge < -0.3 is 0 Å². The predicted octanol–water partition coefficient (Wildman–Crippen LogP) is 4.30. The number of allylic oxidation sites excluding steroid dienone is 1. The van der Waals surface area contributed by atoms with E-state index in [2.05, 4.69) is 36.4 Å². The quantitative estimate of drug-likeness (QED) is 0.461. The van der Waals surface area contributed by atoms with E-state index < -0.39 is 0 Å². The molecule has 0 rings (SSSR count). The van der Waals surface area contributed by atoms with Gasteiger partial charge in [-0.25, -0.2) is 0 Å². The molecule has 0 N–H and O–H groups in total. The van der Waals surface area contributed by atoms with Crippen LogP contribution in [0.2, 0.25) is 0 Å². The van der Waals surface area contributed by atoms with Crippen molar-refractivity contribution in [3.8, 4) is 0 Å². The van der Waals surface area contributed by atoms with Crippen LogP contribution >= 0.6 is 15.9 Å². The van der Waals surface area contributed by atoms with Crippen molar-refractivity contribution < 1.29 is 0 Å². The SMILES string of the molecule is C=C(C)CCCC(Br)CCC. The Bertz CT molecular complexity index is 107. The molecule has 0 saturated carbocycles. The molecule has 0 bridgehead atoms. The zero-order valence-corrected chi connectivity index (χ0v) is 9.28. The lowest BCUT2D eigenvalue weighted by Crippen LogP contribution is -1.96. The lowest BCUT2D eigenvalue weighted by Gasteiger charge is -2.06. The average Bonchev–Trinajstić information content (AvgIpc) is 1.87. The van der Waals surface area contributed by atoms with Crippen LogP contribution in [0.15, 0.2) is 12.2 Å². The fourth-order valence-corrected chi connectivity index (χ4v) is 1.86. The highest BCUT2D eigenvalue weighted by Crippen LogP contribution is 2.16. The average molecular weight is 219 g/mol. The standard InChI is InChI=1S/C10H19Br/c1-4-6-10(11)8-5-7-9(2)3/h10H,2,4-8H2,1,3H3. The van der Waals surface area contributed by atoms with Gasteiger partial charge in [-0.15, -0.1) is 6.58 Å². The van der Waals surface area contributed by atoms with E-state index in [9.17, 15) is 0 Å². The summed E-state index contributed by atoms with van der Waals surface area (Å²) in [6.45, 7) is 8.21. The third-order valence-corrected chi connectivity index (χ3v) is 2.64. The highest BCUT2D eigenvalue weighted by molar-refractivity contribution is 9.09. The van der Waals surface area contributed by atoms with Gasteiger partial charge in [0.25, 0.3) is 0 Å². The summed E-state index contributed by atoms with van der Waals surface area (Å²) in [6.07, 6.45) is 6.34. The topological polar surface area (TPSA) is 0 Å². The number of halogens is 1. The van der Waals surface area contributed by atoms with Crippen LogP contribution in [0, 0.1) is 0 Å². The first-order chi connectivity index (χ1) is 5.16. The van der Waals surface area contributed by atoms with Crippen LogP contribution in [-0.4, -0.2) is 4.83 Å². The van der Waals surface area contributed by atoms with Gasteiger partial charge in [0.1, 0.15) is 0 Å². The monoisotopic (exact) mass is 218 g/mol. The minimum atomic E-state index is 0.729. The Morgan fingerprint density at radius 3 is 2.55 bits per heavy atom. The fraction of sp³-hybridized carbons (Fsp3) is 0.800. The van der Waals surface area contributed by atoms with Gasteiger partial charge in [-0.3, -0.25) is 0 Å². The number of rotatable bonds is 6. The van der Waals surface area contributed by atoms with Crippen LogP contribution in [0.25, 0.3) is 0 Å². The molecule has 0 aliphatic heterocycles. The third-order valence-electron chi connectivity index (χ3n) is 1.72. The molecule has 0 aliphatic carbocycles. The Morgan fingerprint density at radius 2 is 2.09 bits per heavy atom. The van der Waals surface area contributed by atoms with Crippen molar-refractivity contribution >= 4 is 15.9 Å². The smallest absolute Gasteiger partial charge is 0.0145 e. The summed E-state index contributed by atoms with van der Waals surface area (Å²) >= 11 is 3.66. The molecule has 0 nitrogen and oxygen atoms in total. The number of hydrogen-bond donors (Lipinski definition) is 0. The summed E-state index contributed by atoms with van der Waals surface area (Å²) in [5.74, 6) is 0. The van der Waals surface area contributed by atoms with Crippen LogP contribution in [0.3, 0.4) is 0 Å². The molecule has 0 amide bonds. The molecule has 1 unspecified atom stereocenters. The minimum Gasteiger partial charge on any atom is -0.100 e. The van der Waals surface area contributed by atoms with Crippen molar-refractivity contribution in [2.24, 2.45) is 0 Å². The number of hydrogen-bond acceptors (Lipinski definition) is 0. The van der Waals surface area contributed by atoms with Crippen molar-refractivity contribution in [1.29, 1.82) is 0 Å². The van der Waals surface area contributed by atoms with Crippen LogP contribution in [0.4, 0.5) is 0 Å².